The highest BCUT2D eigenvalue weighted by Crippen LogP contribution is 2.26. The molecule has 2 heterocycles. The molecule has 3 aromatic rings. The van der Waals surface area contributed by atoms with Gasteiger partial charge in [0.25, 0.3) is 0 Å². The zero-order valence-corrected chi connectivity index (χ0v) is 22.4. The Morgan fingerprint density at radius 3 is 2.49 bits per heavy atom. The number of carbonyl (C=O) groups excluding carboxylic acids is 1. The highest BCUT2D eigenvalue weighted by Gasteiger charge is 2.34. The Bertz CT molecular complexity index is 1160. The first kappa shape index (κ1) is 26.9. The fourth-order valence-electron chi connectivity index (χ4n) is 3.10. The smallest absolute Gasteiger partial charge is 0.491 e. The first-order valence-electron chi connectivity index (χ1n) is 11.8. The number of thiazole rings is 1. The van der Waals surface area contributed by atoms with Crippen molar-refractivity contribution in [1.82, 2.24) is 14.8 Å². The number of hydrogen-bond donors (Lipinski definition) is 1. The summed E-state index contributed by atoms with van der Waals surface area (Å²) in [6.45, 7) is 15.5. The topological polar surface area (TPSA) is 95.7 Å². The van der Waals surface area contributed by atoms with Crippen molar-refractivity contribution in [2.75, 3.05) is 0 Å². The molecule has 0 aliphatic carbocycles. The Balaban J connectivity index is 2.04. The van der Waals surface area contributed by atoms with Gasteiger partial charge >= 0.3 is 13.1 Å². The minimum absolute atomic E-state index is 0.0161. The number of ether oxygens (including phenoxy) is 2. The molecule has 0 aliphatic rings. The van der Waals surface area contributed by atoms with Crippen molar-refractivity contribution < 1.29 is 23.9 Å². The van der Waals surface area contributed by atoms with Gasteiger partial charge in [0.1, 0.15) is 5.75 Å². The summed E-state index contributed by atoms with van der Waals surface area (Å²) in [6.07, 6.45) is 1.46. The maximum atomic E-state index is 12.3. The number of esters is 1. The lowest BCUT2D eigenvalue weighted by Gasteiger charge is -2.31. The largest absolute Gasteiger partial charge is 0.495 e. The molecule has 8 nitrogen and oxygen atoms in total. The molecule has 0 spiro atoms. The van der Waals surface area contributed by atoms with Gasteiger partial charge < -0.3 is 19.2 Å². The van der Waals surface area contributed by atoms with Gasteiger partial charge in [0.15, 0.2) is 5.69 Å². The van der Waals surface area contributed by atoms with E-state index < -0.39 is 18.7 Å². The molecule has 0 unspecified atom stereocenters. The van der Waals surface area contributed by atoms with Crippen LogP contribution in [0, 0.1) is 5.92 Å². The first-order valence-corrected chi connectivity index (χ1v) is 12.6. The van der Waals surface area contributed by atoms with Crippen LogP contribution in [0.4, 0.5) is 0 Å². The van der Waals surface area contributed by atoms with Gasteiger partial charge in [0, 0.05) is 22.6 Å². The fourth-order valence-corrected chi connectivity index (χ4v) is 3.82. The minimum Gasteiger partial charge on any atom is -0.491 e. The Labute approximate surface area is 211 Å². The highest BCUT2D eigenvalue weighted by molar-refractivity contribution is 7.12. The predicted molar refractivity (Wildman–Crippen MR) is 139 cm³/mol. The molecule has 0 atom stereocenters. The summed E-state index contributed by atoms with van der Waals surface area (Å²) < 4.78 is 18.7. The standard InChI is InChI=1S/C25H34BN3O5S/c1-15(2)25(7,8)34-26(31)20-13-29(24-27-21(14-35-24)23(30)33-17(5)6)28-22(20)18-10-9-11-19(12-18)32-16(3)4/h9-17,31H,1-8H3. The van der Waals surface area contributed by atoms with Gasteiger partial charge in [-0.05, 0) is 59.6 Å². The molecule has 188 valence electrons. The van der Waals surface area contributed by atoms with Crippen molar-refractivity contribution in [2.45, 2.75) is 73.2 Å². The van der Waals surface area contributed by atoms with E-state index in [-0.39, 0.29) is 23.8 Å². The van der Waals surface area contributed by atoms with Crippen LogP contribution in [-0.2, 0) is 9.39 Å². The first-order chi connectivity index (χ1) is 16.4. The van der Waals surface area contributed by atoms with Gasteiger partial charge in [0.2, 0.25) is 5.13 Å². The lowest BCUT2D eigenvalue weighted by atomic mass is 9.76. The van der Waals surface area contributed by atoms with Crippen molar-refractivity contribution in [3.8, 4) is 22.1 Å². The Morgan fingerprint density at radius 2 is 1.86 bits per heavy atom. The van der Waals surface area contributed by atoms with Crippen LogP contribution in [0.2, 0.25) is 0 Å². The van der Waals surface area contributed by atoms with Gasteiger partial charge in [-0.25, -0.2) is 14.5 Å². The summed E-state index contributed by atoms with van der Waals surface area (Å²) in [5.74, 6) is 0.381. The summed E-state index contributed by atoms with van der Waals surface area (Å²) >= 11 is 1.26. The normalized spacial score (nSPS) is 12.0. The van der Waals surface area contributed by atoms with Crippen molar-refractivity contribution >= 4 is 29.9 Å². The molecule has 0 bridgehead atoms. The number of carbonyl (C=O) groups is 1. The quantitative estimate of drug-likeness (QED) is 0.325. The zero-order chi connectivity index (χ0) is 25.9. The van der Waals surface area contributed by atoms with Crippen LogP contribution in [0.1, 0.15) is 65.9 Å². The molecule has 0 saturated carbocycles. The number of rotatable bonds is 10. The van der Waals surface area contributed by atoms with E-state index in [1.165, 1.54) is 11.3 Å². The monoisotopic (exact) mass is 499 g/mol. The van der Waals surface area contributed by atoms with Crippen LogP contribution in [-0.4, -0.2) is 50.7 Å². The molecule has 0 fully saturated rings. The maximum absolute atomic E-state index is 12.3. The van der Waals surface area contributed by atoms with Crippen LogP contribution in [0.5, 0.6) is 5.75 Å². The second-order valence-corrected chi connectivity index (χ2v) is 10.6. The van der Waals surface area contributed by atoms with Crippen LogP contribution in [0.15, 0.2) is 35.8 Å². The van der Waals surface area contributed by atoms with E-state index in [0.29, 0.717) is 22.0 Å². The predicted octanol–water partition coefficient (Wildman–Crippen LogP) is 4.49. The average molecular weight is 499 g/mol. The van der Waals surface area contributed by atoms with Crippen molar-refractivity contribution in [1.29, 1.82) is 0 Å². The van der Waals surface area contributed by atoms with Gasteiger partial charge in [-0.1, -0.05) is 26.0 Å². The third-order valence-corrected chi connectivity index (χ3v) is 6.36. The van der Waals surface area contributed by atoms with Crippen LogP contribution in [0.3, 0.4) is 0 Å². The SMILES string of the molecule is CC(C)OC(=O)c1csc(-n2cc(B(O)OC(C)(C)C(C)C)c(-c3cccc(OC(C)C)c3)n2)n1. The molecule has 1 aromatic carbocycles. The van der Waals surface area contributed by atoms with E-state index in [1.807, 2.05) is 65.8 Å². The van der Waals surface area contributed by atoms with E-state index in [2.05, 4.69) is 4.98 Å². The molecule has 10 heteroatoms. The molecule has 3 rings (SSSR count). The van der Waals surface area contributed by atoms with Gasteiger partial charge in [0.05, 0.1) is 23.5 Å². The summed E-state index contributed by atoms with van der Waals surface area (Å²) in [4.78, 5) is 16.7. The average Bonchev–Trinajstić information content (AvgIpc) is 3.40. The minimum atomic E-state index is -1.23. The van der Waals surface area contributed by atoms with E-state index in [1.54, 1.807) is 30.1 Å². The van der Waals surface area contributed by atoms with E-state index >= 15 is 0 Å². The molecule has 0 radical (unpaired) electrons. The van der Waals surface area contributed by atoms with E-state index in [0.717, 1.165) is 5.56 Å². The van der Waals surface area contributed by atoms with E-state index in [9.17, 15) is 9.82 Å². The number of hydrogen-bond acceptors (Lipinski definition) is 8. The second-order valence-electron chi connectivity index (χ2n) is 9.77. The molecular weight excluding hydrogens is 465 g/mol. The summed E-state index contributed by atoms with van der Waals surface area (Å²) in [5.41, 5.74) is 1.42. The molecule has 0 saturated heterocycles. The van der Waals surface area contributed by atoms with Crippen molar-refractivity contribution in [2.24, 2.45) is 5.92 Å². The number of benzene rings is 1. The summed E-state index contributed by atoms with van der Waals surface area (Å²) in [6, 6.07) is 7.54. The van der Waals surface area contributed by atoms with Crippen LogP contribution >= 0.6 is 11.3 Å². The Morgan fingerprint density at radius 1 is 1.14 bits per heavy atom. The molecule has 1 N–H and O–H groups in total. The number of aromatic nitrogens is 3. The number of nitrogens with zero attached hydrogens (tertiary/aromatic N) is 3. The summed E-state index contributed by atoms with van der Waals surface area (Å²) in [7, 11) is -1.23. The fraction of sp³-hybridized carbons (Fsp3) is 0.480. The van der Waals surface area contributed by atoms with Crippen LogP contribution in [0.25, 0.3) is 16.4 Å². The molecule has 2 aromatic heterocycles. The van der Waals surface area contributed by atoms with E-state index in [4.69, 9.17) is 19.2 Å². The highest BCUT2D eigenvalue weighted by atomic mass is 32.1. The second kappa shape index (κ2) is 10.9. The molecule has 0 amide bonds. The molecule has 35 heavy (non-hydrogen) atoms. The van der Waals surface area contributed by atoms with Crippen molar-refractivity contribution in [3.63, 3.8) is 0 Å². The third-order valence-electron chi connectivity index (χ3n) is 5.53. The van der Waals surface area contributed by atoms with Crippen molar-refractivity contribution in [3.05, 3.63) is 41.5 Å². The molecule has 0 aliphatic heterocycles. The van der Waals surface area contributed by atoms with Gasteiger partial charge in [-0.3, -0.25) is 0 Å². The zero-order valence-electron chi connectivity index (χ0n) is 21.6. The lowest BCUT2D eigenvalue weighted by molar-refractivity contribution is 0.0370. The Kier molecular flexibility index (Phi) is 8.40. The van der Waals surface area contributed by atoms with Crippen LogP contribution < -0.4 is 10.2 Å². The maximum Gasteiger partial charge on any atom is 0.495 e. The van der Waals surface area contributed by atoms with Gasteiger partial charge in [-0.2, -0.15) is 5.10 Å². The Hall–Kier alpha value is -2.69. The third kappa shape index (κ3) is 6.71. The lowest BCUT2D eigenvalue weighted by Crippen LogP contribution is -2.44. The van der Waals surface area contributed by atoms with Gasteiger partial charge in [-0.15, -0.1) is 11.3 Å². The summed E-state index contributed by atoms with van der Waals surface area (Å²) in [5, 5.41) is 17.9. The molecular formula is C25H34BN3O5S.